The summed E-state index contributed by atoms with van der Waals surface area (Å²) in [6.07, 6.45) is 12.2. The number of hydrogen-bond donors (Lipinski definition) is 3. The van der Waals surface area contributed by atoms with Crippen molar-refractivity contribution in [3.05, 3.63) is 22.3 Å². The Morgan fingerprint density at radius 3 is 2.15 bits per heavy atom. The van der Waals surface area contributed by atoms with Crippen molar-refractivity contribution in [1.29, 1.82) is 0 Å². The maximum atomic E-state index is 12.4. The summed E-state index contributed by atoms with van der Waals surface area (Å²) < 4.78 is 30.0. The maximum absolute atomic E-state index is 12.4. The molecule has 0 aliphatic heterocycles. The molecule has 0 saturated carbocycles. The Morgan fingerprint density at radius 2 is 1.58 bits per heavy atom. The second-order valence-corrected chi connectivity index (χ2v) is 11.6. The van der Waals surface area contributed by atoms with Crippen LogP contribution in [0.3, 0.4) is 0 Å². The van der Waals surface area contributed by atoms with Gasteiger partial charge in [0, 0.05) is 29.0 Å². The van der Waals surface area contributed by atoms with Crippen molar-refractivity contribution in [2.75, 3.05) is 11.5 Å². The van der Waals surface area contributed by atoms with Gasteiger partial charge in [0.05, 0.1) is 11.4 Å². The molecule has 10 heteroatoms. The Bertz CT molecular complexity index is 833. The number of amides is 1. The van der Waals surface area contributed by atoms with Crippen molar-refractivity contribution in [3.8, 4) is 0 Å². The molecule has 0 fully saturated rings. The maximum Gasteiger partial charge on any atom is 0.303 e. The molecule has 0 aromatic carbocycles. The molecule has 0 heterocycles. The molecule has 0 saturated heterocycles. The van der Waals surface area contributed by atoms with E-state index in [0.717, 1.165) is 66.7 Å². The number of nitrogens with one attached hydrogen (secondary N) is 1. The topological polar surface area (TPSA) is 121 Å². The highest BCUT2D eigenvalue weighted by atomic mass is 32.2. The minimum atomic E-state index is -3.83. The Kier molecular flexibility index (Phi) is 14.8. The van der Waals surface area contributed by atoms with Crippen LogP contribution in [0.5, 0.6) is 0 Å². The highest BCUT2D eigenvalue weighted by Gasteiger charge is 2.19. The van der Waals surface area contributed by atoms with Gasteiger partial charge >= 0.3 is 5.97 Å². The molecular formula is C23H37NO6S3. The average molecular weight is 520 g/mol. The van der Waals surface area contributed by atoms with Gasteiger partial charge in [0.2, 0.25) is 5.91 Å². The second-order valence-electron chi connectivity index (χ2n) is 8.44. The van der Waals surface area contributed by atoms with E-state index in [1.54, 1.807) is 0 Å². The summed E-state index contributed by atoms with van der Waals surface area (Å²) in [6.45, 7) is 2.00. The minimum Gasteiger partial charge on any atom is -0.481 e. The molecule has 0 spiro atoms. The van der Waals surface area contributed by atoms with E-state index in [2.05, 4.69) is 5.32 Å². The molecule has 0 atom stereocenters. The Morgan fingerprint density at radius 1 is 1.00 bits per heavy atom. The summed E-state index contributed by atoms with van der Waals surface area (Å²) in [5.41, 5.74) is 1.84. The van der Waals surface area contributed by atoms with Crippen LogP contribution >= 0.6 is 24.0 Å². The number of carboxylic acids is 1. The predicted octanol–water partition coefficient (Wildman–Crippen LogP) is 5.42. The number of carbonyl (C=O) groups excluding carboxylic acids is 1. The first-order valence-electron chi connectivity index (χ1n) is 11.6. The van der Waals surface area contributed by atoms with Crippen molar-refractivity contribution in [1.82, 2.24) is 5.32 Å². The highest BCUT2D eigenvalue weighted by molar-refractivity contribution is 8.03. The lowest BCUT2D eigenvalue weighted by Gasteiger charge is -2.20. The number of unbranched alkanes of at least 4 members (excludes halogenated alkanes) is 8. The van der Waals surface area contributed by atoms with Crippen molar-refractivity contribution in [2.45, 2.75) is 90.4 Å². The van der Waals surface area contributed by atoms with Gasteiger partial charge < -0.3 is 10.4 Å². The van der Waals surface area contributed by atoms with Crippen molar-refractivity contribution in [2.24, 2.45) is 0 Å². The molecule has 188 valence electrons. The van der Waals surface area contributed by atoms with Crippen molar-refractivity contribution in [3.63, 3.8) is 0 Å². The van der Waals surface area contributed by atoms with Crippen LogP contribution in [0, 0.1) is 0 Å². The number of thiocarbonyl (C=S) groups is 1. The lowest BCUT2D eigenvalue weighted by Crippen LogP contribution is -2.29. The third-order valence-corrected chi connectivity index (χ3v) is 7.48. The van der Waals surface area contributed by atoms with E-state index in [1.165, 1.54) is 11.8 Å². The van der Waals surface area contributed by atoms with Crippen molar-refractivity contribution >= 4 is 50.8 Å². The predicted molar refractivity (Wildman–Crippen MR) is 138 cm³/mol. The average Bonchev–Trinajstić information content (AvgIpc) is 2.70. The molecule has 7 nitrogen and oxygen atoms in total. The normalized spacial score (nSPS) is 14.4. The molecule has 0 radical (unpaired) electrons. The Balaban J connectivity index is 2.25. The molecule has 33 heavy (non-hydrogen) atoms. The second kappa shape index (κ2) is 16.4. The van der Waals surface area contributed by atoms with Crippen LogP contribution in [-0.4, -0.2) is 46.3 Å². The zero-order chi connectivity index (χ0) is 24.7. The van der Waals surface area contributed by atoms with E-state index in [4.69, 9.17) is 21.9 Å². The van der Waals surface area contributed by atoms with Crippen LogP contribution in [0.25, 0.3) is 0 Å². The fraction of sp³-hybridized carbons (Fsp3) is 0.696. The summed E-state index contributed by atoms with van der Waals surface area (Å²) in [5, 5.41) is 11.8. The van der Waals surface area contributed by atoms with Gasteiger partial charge in [0.25, 0.3) is 10.1 Å². The van der Waals surface area contributed by atoms with Gasteiger partial charge in [-0.25, -0.2) is 0 Å². The lowest BCUT2D eigenvalue weighted by molar-refractivity contribution is -0.137. The van der Waals surface area contributed by atoms with Gasteiger partial charge in [-0.05, 0) is 38.0 Å². The monoisotopic (exact) mass is 519 g/mol. The van der Waals surface area contributed by atoms with Gasteiger partial charge in [-0.15, -0.1) is 11.8 Å². The zero-order valence-electron chi connectivity index (χ0n) is 19.4. The number of carbonyl (C=O) groups is 2. The largest absolute Gasteiger partial charge is 0.481 e. The van der Waals surface area contributed by atoms with Crippen LogP contribution in [0.4, 0.5) is 0 Å². The van der Waals surface area contributed by atoms with Crippen LogP contribution in [-0.2, 0) is 19.7 Å². The number of aliphatic carboxylic acids is 1. The van der Waals surface area contributed by atoms with E-state index in [-0.39, 0.29) is 18.1 Å². The van der Waals surface area contributed by atoms with E-state index in [0.29, 0.717) is 37.1 Å². The van der Waals surface area contributed by atoms with Gasteiger partial charge in [-0.2, -0.15) is 8.42 Å². The summed E-state index contributed by atoms with van der Waals surface area (Å²) in [4.78, 5) is 24.8. The molecule has 0 unspecified atom stereocenters. The Hall–Kier alpha value is -1.23. The minimum absolute atomic E-state index is 0.0391. The number of carboxylic acid groups (broad SMARTS) is 1. The quantitative estimate of drug-likeness (QED) is 0.125. The summed E-state index contributed by atoms with van der Waals surface area (Å²) in [6, 6.07) is 0. The molecule has 1 aliphatic rings. The molecule has 1 aliphatic carbocycles. The number of allylic oxidation sites excluding steroid dienone is 3. The molecule has 1 rings (SSSR count). The van der Waals surface area contributed by atoms with E-state index < -0.39 is 16.1 Å². The smallest absolute Gasteiger partial charge is 0.303 e. The first kappa shape index (κ1) is 29.8. The molecule has 0 bridgehead atoms. The van der Waals surface area contributed by atoms with E-state index in [9.17, 15) is 18.0 Å². The van der Waals surface area contributed by atoms with Crippen LogP contribution < -0.4 is 5.32 Å². The van der Waals surface area contributed by atoms with Gasteiger partial charge in [0.1, 0.15) is 0 Å². The highest BCUT2D eigenvalue weighted by Crippen LogP contribution is 2.30. The van der Waals surface area contributed by atoms with Crippen LogP contribution in [0.1, 0.15) is 90.4 Å². The van der Waals surface area contributed by atoms with Crippen molar-refractivity contribution < 1.29 is 27.7 Å². The van der Waals surface area contributed by atoms with Gasteiger partial charge in [0.15, 0.2) is 0 Å². The summed E-state index contributed by atoms with van der Waals surface area (Å²) in [5.74, 6) is -0.340. The molecule has 3 N–H and O–H groups in total. The Labute approximate surface area is 207 Å². The molecule has 1 amide bonds. The number of thioether (sulfide) groups is 1. The van der Waals surface area contributed by atoms with E-state index in [1.807, 2.05) is 13.0 Å². The summed E-state index contributed by atoms with van der Waals surface area (Å²) in [7, 11) is -3.83. The molecule has 0 aromatic heterocycles. The first-order chi connectivity index (χ1) is 15.6. The standard InChI is InChI=1S/C23H37NO6S3/c1-18-16-19(31)23(20(17-18)32-14-11-13-22(26)27)24-21(25)12-9-7-5-3-2-4-6-8-10-15-33(28,29)30/h17H,2-16H2,1H3,(H,24,25)(H,26,27)(H,28,29,30). The van der Waals surface area contributed by atoms with Crippen LogP contribution in [0.15, 0.2) is 22.3 Å². The van der Waals surface area contributed by atoms with E-state index >= 15 is 0 Å². The zero-order valence-corrected chi connectivity index (χ0v) is 21.9. The van der Waals surface area contributed by atoms with Gasteiger partial charge in [-0.1, -0.05) is 62.7 Å². The fourth-order valence-corrected chi connectivity index (χ4v) is 5.62. The fourth-order valence-electron chi connectivity index (χ4n) is 3.49. The first-order valence-corrected chi connectivity index (χ1v) is 14.6. The van der Waals surface area contributed by atoms with Crippen LogP contribution in [0.2, 0.25) is 0 Å². The summed E-state index contributed by atoms with van der Waals surface area (Å²) >= 11 is 7.03. The third-order valence-electron chi connectivity index (χ3n) is 5.21. The molecule has 0 aromatic rings. The molecular weight excluding hydrogens is 482 g/mol. The lowest BCUT2D eigenvalue weighted by atomic mass is 10.0. The third kappa shape index (κ3) is 15.3. The van der Waals surface area contributed by atoms with Gasteiger partial charge in [-0.3, -0.25) is 14.1 Å². The number of rotatable bonds is 18. The number of hydrogen-bond acceptors (Lipinski definition) is 6. The SMILES string of the molecule is CC1=CC(SCCCC(=O)O)=C(NC(=O)CCCCCCCCCCCS(=O)(=O)O)C(=S)C1.